The number of rotatable bonds is 3. The number of fused-ring (bicyclic) bond motifs is 3. The van der Waals surface area contributed by atoms with Crippen molar-refractivity contribution < 1.29 is 4.42 Å². The maximum atomic E-state index is 13.5. The van der Waals surface area contributed by atoms with E-state index in [-0.39, 0.29) is 5.63 Å². The van der Waals surface area contributed by atoms with Crippen molar-refractivity contribution in [3.05, 3.63) is 115 Å². The predicted molar refractivity (Wildman–Crippen MR) is 140 cm³/mol. The van der Waals surface area contributed by atoms with E-state index in [1.54, 1.807) is 0 Å². The summed E-state index contributed by atoms with van der Waals surface area (Å²) < 4.78 is 7.77. The number of hydrogen-bond acceptors (Lipinski definition) is 2. The molecule has 0 aliphatic heterocycles. The summed E-state index contributed by atoms with van der Waals surface area (Å²) in [6.45, 7) is 2.10. The molecule has 3 heterocycles. The summed E-state index contributed by atoms with van der Waals surface area (Å²) in [4.78, 5) is 20.3. The van der Waals surface area contributed by atoms with Gasteiger partial charge in [-0.1, -0.05) is 50.1 Å². The molecule has 33 heavy (non-hydrogen) atoms. The first kappa shape index (κ1) is 20.5. The lowest BCUT2D eigenvalue weighted by Crippen LogP contribution is -2.31. The van der Waals surface area contributed by atoms with Crippen LogP contribution in [0.15, 0.2) is 97.3 Å². The van der Waals surface area contributed by atoms with Crippen LogP contribution in [0.1, 0.15) is 23.6 Å². The highest BCUT2D eigenvalue weighted by molar-refractivity contribution is 9.10. The van der Waals surface area contributed by atoms with Crippen molar-refractivity contribution in [3.63, 3.8) is 0 Å². The van der Waals surface area contributed by atoms with Gasteiger partial charge in [0.25, 0.3) is 0 Å². The molecule has 162 valence electrons. The minimum atomic E-state index is -0.789. The number of halogens is 2. The zero-order valence-corrected chi connectivity index (χ0v) is 20.7. The predicted octanol–water partition coefficient (Wildman–Crippen LogP) is 7.63. The summed E-state index contributed by atoms with van der Waals surface area (Å²) in [7, 11) is 0. The largest absolute Gasteiger partial charge is 0.422 e. The zero-order valence-electron chi connectivity index (χ0n) is 17.6. The molecule has 0 amide bonds. The summed E-state index contributed by atoms with van der Waals surface area (Å²) in [6.07, 6.45) is 4.01. The highest BCUT2D eigenvalue weighted by Crippen LogP contribution is 2.45. The summed E-state index contributed by atoms with van der Waals surface area (Å²) in [5.74, 6) is 0. The molecule has 6 heteroatoms. The van der Waals surface area contributed by atoms with E-state index in [0.29, 0.717) is 11.1 Å². The van der Waals surface area contributed by atoms with Crippen molar-refractivity contribution in [1.82, 2.24) is 9.97 Å². The van der Waals surface area contributed by atoms with Crippen LogP contribution in [0.2, 0.25) is 0 Å². The van der Waals surface area contributed by atoms with Crippen LogP contribution in [0, 0.1) is 0 Å². The number of aromatic nitrogens is 2. The maximum absolute atomic E-state index is 13.5. The minimum Gasteiger partial charge on any atom is -0.422 e. The van der Waals surface area contributed by atoms with Gasteiger partial charge >= 0.3 is 5.63 Å². The molecule has 0 bridgehead atoms. The number of hydrogen-bond donors (Lipinski definition) is 2. The van der Waals surface area contributed by atoms with Gasteiger partial charge in [0.15, 0.2) is 0 Å². The second-order valence-corrected chi connectivity index (χ2v) is 10.2. The van der Waals surface area contributed by atoms with E-state index in [4.69, 9.17) is 4.42 Å². The normalized spacial score (nSPS) is 12.2. The van der Waals surface area contributed by atoms with Gasteiger partial charge in [0.05, 0.1) is 11.0 Å². The van der Waals surface area contributed by atoms with Crippen molar-refractivity contribution in [2.24, 2.45) is 0 Å². The standard InChI is InChI=1S/C27H18Br2N2O2/c1-27(21-13-30-23-8-6-16(28)11-18(21)23,22-14-31-24-9-7-17(29)12-19(22)24)20-10-15-4-2-3-5-25(15)33-26(20)32/h2-14,30-31H,1H3. The van der Waals surface area contributed by atoms with Crippen LogP contribution in [0.3, 0.4) is 0 Å². The monoisotopic (exact) mass is 560 g/mol. The van der Waals surface area contributed by atoms with Gasteiger partial charge in [-0.2, -0.15) is 0 Å². The molecule has 0 fully saturated rings. The third kappa shape index (κ3) is 3.12. The van der Waals surface area contributed by atoms with E-state index >= 15 is 0 Å². The first-order valence-corrected chi connectivity index (χ1v) is 12.1. The Bertz CT molecular complexity index is 1660. The van der Waals surface area contributed by atoms with E-state index in [0.717, 1.165) is 47.3 Å². The van der Waals surface area contributed by atoms with Gasteiger partial charge in [-0.15, -0.1) is 0 Å². The molecule has 4 nitrogen and oxygen atoms in total. The van der Waals surface area contributed by atoms with Gasteiger partial charge in [0.2, 0.25) is 0 Å². The number of aromatic amines is 2. The van der Waals surface area contributed by atoms with Crippen LogP contribution in [0.5, 0.6) is 0 Å². The molecule has 0 atom stereocenters. The van der Waals surface area contributed by atoms with Crippen LogP contribution >= 0.6 is 31.9 Å². The average Bonchev–Trinajstić information content (AvgIpc) is 3.42. The van der Waals surface area contributed by atoms with Gasteiger partial charge in [-0.05, 0) is 66.6 Å². The van der Waals surface area contributed by atoms with Crippen molar-refractivity contribution in [2.45, 2.75) is 12.3 Å². The second-order valence-electron chi connectivity index (χ2n) is 8.39. The Hall–Kier alpha value is -3.09. The molecule has 0 aliphatic carbocycles. The molecule has 0 aliphatic rings. The summed E-state index contributed by atoms with van der Waals surface area (Å²) in [5.41, 5.74) is 4.05. The van der Waals surface area contributed by atoms with Gasteiger partial charge in [0, 0.05) is 48.5 Å². The lowest BCUT2D eigenvalue weighted by atomic mass is 9.71. The van der Waals surface area contributed by atoms with E-state index in [9.17, 15) is 4.79 Å². The molecule has 0 spiro atoms. The quantitative estimate of drug-likeness (QED) is 0.218. The first-order chi connectivity index (χ1) is 15.9. The Morgan fingerprint density at radius 2 is 1.33 bits per heavy atom. The molecule has 6 aromatic rings. The van der Waals surface area contributed by atoms with E-state index in [2.05, 4.69) is 60.9 Å². The van der Waals surface area contributed by atoms with Crippen LogP contribution in [-0.2, 0) is 5.41 Å². The Labute approximate surface area is 205 Å². The Morgan fingerprint density at radius 1 is 0.758 bits per heavy atom. The highest BCUT2D eigenvalue weighted by Gasteiger charge is 2.38. The molecule has 0 unspecified atom stereocenters. The summed E-state index contributed by atoms with van der Waals surface area (Å²) >= 11 is 7.23. The third-order valence-corrected chi connectivity index (χ3v) is 7.53. The molecule has 2 N–H and O–H groups in total. The topological polar surface area (TPSA) is 61.8 Å². The lowest BCUT2D eigenvalue weighted by molar-refractivity contribution is 0.530. The fraction of sp³-hybridized carbons (Fsp3) is 0.0741. The van der Waals surface area contributed by atoms with Gasteiger partial charge in [-0.25, -0.2) is 4.79 Å². The Kier molecular flexibility index (Phi) is 4.64. The SMILES string of the molecule is CC(c1cc2ccccc2oc1=O)(c1c[nH]c2ccc(Br)cc12)c1c[nH]c2ccc(Br)cc12. The molecule has 3 aromatic carbocycles. The number of nitrogens with one attached hydrogen (secondary N) is 2. The Balaban J connectivity index is 1.76. The van der Waals surface area contributed by atoms with E-state index in [1.807, 2.05) is 67.0 Å². The fourth-order valence-electron chi connectivity index (χ4n) is 4.86. The highest BCUT2D eigenvalue weighted by atomic mass is 79.9. The number of H-pyrrole nitrogens is 2. The maximum Gasteiger partial charge on any atom is 0.340 e. The average molecular weight is 562 g/mol. The molecule has 0 saturated carbocycles. The molecular weight excluding hydrogens is 544 g/mol. The summed E-state index contributed by atoms with van der Waals surface area (Å²) in [6, 6.07) is 21.9. The van der Waals surface area contributed by atoms with Crippen molar-refractivity contribution in [2.75, 3.05) is 0 Å². The smallest absolute Gasteiger partial charge is 0.340 e. The number of benzene rings is 3. The van der Waals surface area contributed by atoms with Gasteiger partial charge in [0.1, 0.15) is 5.58 Å². The van der Waals surface area contributed by atoms with Crippen molar-refractivity contribution in [1.29, 1.82) is 0 Å². The van der Waals surface area contributed by atoms with Crippen LogP contribution in [0.25, 0.3) is 32.8 Å². The van der Waals surface area contributed by atoms with E-state index < -0.39 is 5.41 Å². The second kappa shape index (κ2) is 7.47. The van der Waals surface area contributed by atoms with Crippen LogP contribution in [-0.4, -0.2) is 9.97 Å². The summed E-state index contributed by atoms with van der Waals surface area (Å²) in [5, 5.41) is 2.98. The molecule has 6 rings (SSSR count). The molecule has 0 radical (unpaired) electrons. The van der Waals surface area contributed by atoms with Crippen molar-refractivity contribution in [3.8, 4) is 0 Å². The molecule has 3 aromatic heterocycles. The zero-order chi connectivity index (χ0) is 22.7. The third-order valence-electron chi connectivity index (χ3n) is 6.55. The molecular formula is C27H18Br2N2O2. The number of para-hydroxylation sites is 1. The van der Waals surface area contributed by atoms with Gasteiger partial charge < -0.3 is 14.4 Å². The first-order valence-electron chi connectivity index (χ1n) is 10.5. The van der Waals surface area contributed by atoms with Gasteiger partial charge in [-0.3, -0.25) is 0 Å². The fourth-order valence-corrected chi connectivity index (χ4v) is 5.58. The van der Waals surface area contributed by atoms with E-state index in [1.165, 1.54) is 0 Å². The molecule has 0 saturated heterocycles. The minimum absolute atomic E-state index is 0.343. The Morgan fingerprint density at radius 3 is 1.94 bits per heavy atom. The van der Waals surface area contributed by atoms with Crippen LogP contribution < -0.4 is 5.63 Å². The van der Waals surface area contributed by atoms with Crippen LogP contribution in [0.4, 0.5) is 0 Å². The van der Waals surface area contributed by atoms with Crippen molar-refractivity contribution >= 4 is 64.6 Å². The lowest BCUT2D eigenvalue weighted by Gasteiger charge is -2.29.